The summed E-state index contributed by atoms with van der Waals surface area (Å²) in [5.41, 5.74) is 2.07. The van der Waals surface area contributed by atoms with E-state index in [1.165, 1.54) is 40.2 Å². The quantitative estimate of drug-likeness (QED) is 0.742. The summed E-state index contributed by atoms with van der Waals surface area (Å²) in [7, 11) is 5.86. The maximum atomic E-state index is 12.5. The summed E-state index contributed by atoms with van der Waals surface area (Å²) < 4.78 is 21.2. The average Bonchev–Trinajstić information content (AvgIpc) is 2.70. The van der Waals surface area contributed by atoms with Crippen LogP contribution >= 0.6 is 11.8 Å². The van der Waals surface area contributed by atoms with E-state index >= 15 is 0 Å². The fourth-order valence-corrected chi connectivity index (χ4v) is 3.69. The first kappa shape index (κ1) is 20.5. The van der Waals surface area contributed by atoms with Crippen LogP contribution in [0.4, 0.5) is 0 Å². The molecule has 1 aliphatic heterocycles. The Hall–Kier alpha value is -2.79. The molecule has 1 aliphatic rings. The van der Waals surface area contributed by atoms with Gasteiger partial charge in [0.25, 0.3) is 0 Å². The van der Waals surface area contributed by atoms with Gasteiger partial charge in [-0.2, -0.15) is 5.26 Å². The number of hydrogen-bond acceptors (Lipinski definition) is 8. The summed E-state index contributed by atoms with van der Waals surface area (Å²) >= 11 is 1.40. The van der Waals surface area contributed by atoms with E-state index in [0.717, 1.165) is 0 Å². The van der Waals surface area contributed by atoms with Crippen LogP contribution in [0.15, 0.2) is 34.0 Å². The van der Waals surface area contributed by atoms with Gasteiger partial charge in [-0.25, -0.2) is 4.79 Å². The third-order valence-electron chi connectivity index (χ3n) is 4.28. The average molecular weight is 390 g/mol. The highest BCUT2D eigenvalue weighted by Crippen LogP contribution is 2.46. The SMILES string of the molecule is COC(=O)C1=C(C)NC(SC)=C(C#N)[C@@H]1c1cc(OC)c(OC)c(OC)c1. The van der Waals surface area contributed by atoms with Gasteiger partial charge >= 0.3 is 5.97 Å². The number of benzene rings is 1. The van der Waals surface area contributed by atoms with Crippen LogP contribution in [-0.4, -0.2) is 40.7 Å². The zero-order valence-corrected chi connectivity index (χ0v) is 16.9. The Balaban J connectivity index is 2.80. The van der Waals surface area contributed by atoms with E-state index in [0.29, 0.717) is 44.7 Å². The number of nitrogens with zero attached hydrogens (tertiary/aromatic N) is 1. The normalized spacial score (nSPS) is 16.4. The molecule has 0 fully saturated rings. The van der Waals surface area contributed by atoms with Gasteiger partial charge in [0.15, 0.2) is 11.5 Å². The number of ether oxygens (including phenoxy) is 4. The predicted octanol–water partition coefficient (Wildman–Crippen LogP) is 2.94. The van der Waals surface area contributed by atoms with Gasteiger partial charge in [-0.15, -0.1) is 11.8 Å². The van der Waals surface area contributed by atoms with Crippen LogP contribution in [0.5, 0.6) is 17.2 Å². The van der Waals surface area contributed by atoms with E-state index < -0.39 is 11.9 Å². The van der Waals surface area contributed by atoms with Crippen LogP contribution in [0.2, 0.25) is 0 Å². The minimum atomic E-state index is -0.625. The number of allylic oxidation sites excluding steroid dienone is 2. The first-order valence-electron chi connectivity index (χ1n) is 8.01. The van der Waals surface area contributed by atoms with Crippen molar-refractivity contribution in [2.75, 3.05) is 34.7 Å². The number of nitriles is 1. The molecule has 0 aliphatic carbocycles. The Morgan fingerprint density at radius 1 is 1.15 bits per heavy atom. The Morgan fingerprint density at radius 2 is 1.74 bits per heavy atom. The van der Waals surface area contributed by atoms with E-state index in [1.54, 1.807) is 19.1 Å². The summed E-state index contributed by atoms with van der Waals surface area (Å²) in [5.74, 6) is 0.183. The lowest BCUT2D eigenvalue weighted by molar-refractivity contribution is -0.136. The molecule has 1 aromatic carbocycles. The number of carbonyl (C=O) groups is 1. The molecule has 0 bridgehead atoms. The van der Waals surface area contributed by atoms with E-state index in [9.17, 15) is 10.1 Å². The maximum absolute atomic E-state index is 12.5. The second-order valence-corrected chi connectivity index (χ2v) is 6.42. The highest BCUT2D eigenvalue weighted by molar-refractivity contribution is 8.02. The predicted molar refractivity (Wildman–Crippen MR) is 103 cm³/mol. The molecule has 1 aromatic rings. The van der Waals surface area contributed by atoms with Gasteiger partial charge < -0.3 is 24.3 Å². The topological polar surface area (TPSA) is 89.8 Å². The molecule has 27 heavy (non-hydrogen) atoms. The van der Waals surface area contributed by atoms with Crippen molar-refractivity contribution in [3.63, 3.8) is 0 Å². The fraction of sp³-hybridized carbons (Fsp3) is 0.368. The van der Waals surface area contributed by atoms with Crippen molar-refractivity contribution in [3.05, 3.63) is 39.6 Å². The van der Waals surface area contributed by atoms with Gasteiger partial charge in [-0.05, 0) is 30.9 Å². The third kappa shape index (κ3) is 3.69. The van der Waals surface area contributed by atoms with Crippen LogP contribution in [0.1, 0.15) is 18.4 Å². The Bertz CT molecular complexity index is 829. The maximum Gasteiger partial charge on any atom is 0.336 e. The van der Waals surface area contributed by atoms with Crippen LogP contribution in [0.25, 0.3) is 0 Å². The van der Waals surface area contributed by atoms with Crippen molar-refractivity contribution in [1.82, 2.24) is 5.32 Å². The summed E-state index contributed by atoms with van der Waals surface area (Å²) in [6.45, 7) is 1.78. The molecule has 8 heteroatoms. The monoisotopic (exact) mass is 390 g/mol. The zero-order valence-electron chi connectivity index (χ0n) is 16.1. The first-order valence-corrected chi connectivity index (χ1v) is 9.24. The van der Waals surface area contributed by atoms with Crippen LogP contribution in [0, 0.1) is 11.3 Å². The summed E-state index contributed by atoms with van der Waals surface area (Å²) in [6, 6.07) is 5.71. The second kappa shape index (κ2) is 8.73. The van der Waals surface area contributed by atoms with E-state index in [2.05, 4.69) is 11.4 Å². The van der Waals surface area contributed by atoms with Crippen LogP contribution in [0.3, 0.4) is 0 Å². The highest BCUT2D eigenvalue weighted by Gasteiger charge is 2.36. The van der Waals surface area contributed by atoms with Gasteiger partial charge in [0.05, 0.1) is 56.6 Å². The summed E-state index contributed by atoms with van der Waals surface area (Å²) in [5, 5.41) is 13.6. The lowest BCUT2D eigenvalue weighted by Crippen LogP contribution is -2.28. The van der Waals surface area contributed by atoms with Gasteiger partial charge in [-0.1, -0.05) is 0 Å². The second-order valence-electron chi connectivity index (χ2n) is 5.61. The lowest BCUT2D eigenvalue weighted by atomic mass is 9.82. The molecule has 2 rings (SSSR count). The Labute approximate surface area is 162 Å². The molecular weight excluding hydrogens is 368 g/mol. The van der Waals surface area contributed by atoms with Crippen molar-refractivity contribution >= 4 is 17.7 Å². The largest absolute Gasteiger partial charge is 0.493 e. The number of rotatable bonds is 6. The molecule has 1 heterocycles. The standard InChI is InChI=1S/C19H22N2O5S/c1-10-15(19(22)26-5)16(12(9-20)18(21-10)27-6)11-7-13(23-2)17(25-4)14(8-11)24-3/h7-8,16,21H,1-6H3/t16-/m0/s1. The number of dihydropyridines is 1. The molecule has 0 saturated carbocycles. The molecule has 1 N–H and O–H groups in total. The van der Waals surface area contributed by atoms with Crippen molar-refractivity contribution in [2.24, 2.45) is 0 Å². The van der Waals surface area contributed by atoms with Crippen LogP contribution in [-0.2, 0) is 9.53 Å². The zero-order chi connectivity index (χ0) is 20.1. The number of hydrogen-bond donors (Lipinski definition) is 1. The molecule has 1 atom stereocenters. The smallest absolute Gasteiger partial charge is 0.336 e. The number of esters is 1. The lowest BCUT2D eigenvalue weighted by Gasteiger charge is -2.29. The van der Waals surface area contributed by atoms with Gasteiger partial charge in [0.2, 0.25) is 5.75 Å². The fourth-order valence-electron chi connectivity index (χ4n) is 3.06. The molecule has 0 radical (unpaired) electrons. The minimum Gasteiger partial charge on any atom is -0.493 e. The van der Waals surface area contributed by atoms with Crippen molar-refractivity contribution in [3.8, 4) is 23.3 Å². The number of thioether (sulfide) groups is 1. The van der Waals surface area contributed by atoms with Gasteiger partial charge in [-0.3, -0.25) is 0 Å². The minimum absolute atomic E-state index is 0.362. The summed E-state index contributed by atoms with van der Waals surface area (Å²) in [6.07, 6.45) is 1.86. The molecular formula is C19H22N2O5S. The Morgan fingerprint density at radius 3 is 2.15 bits per heavy atom. The van der Waals surface area contributed by atoms with Crippen molar-refractivity contribution < 1.29 is 23.7 Å². The van der Waals surface area contributed by atoms with E-state index in [1.807, 2.05) is 6.26 Å². The Kier molecular flexibility index (Phi) is 6.64. The number of methoxy groups -OCH3 is 4. The molecule has 144 valence electrons. The van der Waals surface area contributed by atoms with Gasteiger partial charge in [0, 0.05) is 5.70 Å². The van der Waals surface area contributed by atoms with Crippen LogP contribution < -0.4 is 19.5 Å². The van der Waals surface area contributed by atoms with Crippen molar-refractivity contribution in [2.45, 2.75) is 12.8 Å². The van der Waals surface area contributed by atoms with Gasteiger partial charge in [0.1, 0.15) is 0 Å². The first-order chi connectivity index (χ1) is 13.0. The third-order valence-corrected chi connectivity index (χ3v) is 5.01. The number of nitrogens with one attached hydrogen (secondary N) is 1. The molecule has 0 amide bonds. The molecule has 0 aromatic heterocycles. The molecule has 0 saturated heterocycles. The molecule has 0 spiro atoms. The van der Waals surface area contributed by atoms with E-state index in [4.69, 9.17) is 18.9 Å². The number of carbonyl (C=O) groups excluding carboxylic acids is 1. The van der Waals surface area contributed by atoms with Crippen molar-refractivity contribution in [1.29, 1.82) is 5.26 Å². The van der Waals surface area contributed by atoms with E-state index in [-0.39, 0.29) is 0 Å². The summed E-state index contributed by atoms with van der Waals surface area (Å²) in [4.78, 5) is 12.5. The highest BCUT2D eigenvalue weighted by atomic mass is 32.2. The molecule has 7 nitrogen and oxygen atoms in total. The molecule has 0 unspecified atom stereocenters.